The van der Waals surface area contributed by atoms with Gasteiger partial charge in [-0.1, -0.05) is 0 Å². The Balaban J connectivity index is 1.69. The Morgan fingerprint density at radius 1 is 1.17 bits per heavy atom. The molecular weight excluding hydrogens is 400 g/mol. The molecule has 1 N–H and O–H groups in total. The molecule has 29 heavy (non-hydrogen) atoms. The first-order valence-electron chi connectivity index (χ1n) is 7.98. The fourth-order valence-electron chi connectivity index (χ4n) is 2.54. The van der Waals surface area contributed by atoms with Crippen molar-refractivity contribution in [2.75, 3.05) is 5.32 Å². The average Bonchev–Trinajstić information content (AvgIpc) is 3.23. The molecule has 3 aromatic rings. The molecule has 0 aliphatic rings. The number of carbonyl (C=O) groups is 1. The van der Waals surface area contributed by atoms with Gasteiger partial charge in [0.1, 0.15) is 24.3 Å². The fourth-order valence-corrected chi connectivity index (χ4v) is 2.54. The summed E-state index contributed by atoms with van der Waals surface area (Å²) in [6.07, 6.45) is 3.41. The lowest BCUT2D eigenvalue weighted by Crippen LogP contribution is -2.20. The number of hydrogen-bond donors (Lipinski definition) is 1. The number of nitro groups is 1. The molecule has 3 rings (SSSR count). The second kappa shape index (κ2) is 7.69. The first-order chi connectivity index (χ1) is 13.7. The number of rotatable bonds is 6. The highest BCUT2D eigenvalue weighted by atomic mass is 19.2. The predicted molar refractivity (Wildman–Crippen MR) is 89.9 cm³/mol. The van der Waals surface area contributed by atoms with Gasteiger partial charge >= 0.3 is 5.69 Å². The Labute approximate surface area is 159 Å². The summed E-state index contributed by atoms with van der Waals surface area (Å²) in [4.78, 5) is 22.2. The molecule has 152 valence electrons. The number of aromatic nitrogens is 4. The zero-order valence-electron chi connectivity index (χ0n) is 14.7. The van der Waals surface area contributed by atoms with Gasteiger partial charge in [-0.2, -0.15) is 10.2 Å². The number of anilines is 1. The molecule has 13 heteroatoms. The van der Waals surface area contributed by atoms with Gasteiger partial charge in [0.05, 0.1) is 23.4 Å². The molecule has 0 saturated heterocycles. The highest BCUT2D eigenvalue weighted by Crippen LogP contribution is 2.21. The number of benzene rings is 1. The van der Waals surface area contributed by atoms with Crippen LogP contribution in [0.25, 0.3) is 0 Å². The number of nitrogens with one attached hydrogen (secondary N) is 1. The average molecular weight is 412 g/mol. The summed E-state index contributed by atoms with van der Waals surface area (Å²) in [5, 5.41) is 20.8. The SMILES string of the molecule is Cc1c([N+](=O)[O-])cnn1CC(=O)Nc1cnn(Cc2c(F)cc(F)c(F)c2F)c1. The predicted octanol–water partition coefficient (Wildman–Crippen LogP) is 2.54. The number of nitrogens with zero attached hydrogens (tertiary/aromatic N) is 5. The lowest BCUT2D eigenvalue weighted by Gasteiger charge is -2.07. The lowest BCUT2D eigenvalue weighted by atomic mass is 10.2. The summed E-state index contributed by atoms with van der Waals surface area (Å²) in [6, 6.07) is 0.228. The Hall–Kier alpha value is -3.77. The monoisotopic (exact) mass is 412 g/mol. The summed E-state index contributed by atoms with van der Waals surface area (Å²) >= 11 is 0. The number of amides is 1. The number of hydrogen-bond acceptors (Lipinski definition) is 5. The van der Waals surface area contributed by atoms with Crippen molar-refractivity contribution in [1.29, 1.82) is 0 Å². The summed E-state index contributed by atoms with van der Waals surface area (Å²) in [7, 11) is 0. The molecule has 2 aromatic heterocycles. The maximum atomic E-state index is 13.7. The van der Waals surface area contributed by atoms with Crippen LogP contribution in [-0.4, -0.2) is 30.4 Å². The molecule has 0 aliphatic heterocycles. The van der Waals surface area contributed by atoms with Crippen molar-refractivity contribution in [1.82, 2.24) is 19.6 Å². The van der Waals surface area contributed by atoms with Crippen LogP contribution in [0, 0.1) is 40.3 Å². The second-order valence-electron chi connectivity index (χ2n) is 5.95. The molecule has 0 atom stereocenters. The third-order valence-electron chi connectivity index (χ3n) is 4.01. The standard InChI is InChI=1S/C16H12F4N6O3/c1-8-13(26(28)29)4-22-25(8)7-14(27)23-9-3-21-24(5-9)6-10-11(17)2-12(18)16(20)15(10)19/h2-5H,6-7H2,1H3,(H,23,27). The van der Waals surface area contributed by atoms with Crippen molar-refractivity contribution in [3.63, 3.8) is 0 Å². The minimum absolute atomic E-state index is 0.151. The van der Waals surface area contributed by atoms with Gasteiger partial charge in [-0.25, -0.2) is 17.6 Å². The van der Waals surface area contributed by atoms with E-state index >= 15 is 0 Å². The third-order valence-corrected chi connectivity index (χ3v) is 4.01. The molecule has 1 aromatic carbocycles. The molecule has 0 saturated carbocycles. The molecule has 0 radical (unpaired) electrons. The zero-order valence-corrected chi connectivity index (χ0v) is 14.7. The van der Waals surface area contributed by atoms with Crippen LogP contribution in [0.3, 0.4) is 0 Å². The van der Waals surface area contributed by atoms with Gasteiger partial charge in [0, 0.05) is 17.8 Å². The van der Waals surface area contributed by atoms with Crippen molar-refractivity contribution in [2.45, 2.75) is 20.0 Å². The summed E-state index contributed by atoms with van der Waals surface area (Å²) in [6.45, 7) is 0.563. The summed E-state index contributed by atoms with van der Waals surface area (Å²) in [5.41, 5.74) is -0.631. The van der Waals surface area contributed by atoms with Crippen molar-refractivity contribution < 1.29 is 27.3 Å². The van der Waals surface area contributed by atoms with Gasteiger partial charge in [-0.3, -0.25) is 24.3 Å². The van der Waals surface area contributed by atoms with Crippen LogP contribution in [-0.2, 0) is 17.9 Å². The van der Waals surface area contributed by atoms with E-state index in [2.05, 4.69) is 15.5 Å². The van der Waals surface area contributed by atoms with Gasteiger partial charge in [0.25, 0.3) is 0 Å². The maximum absolute atomic E-state index is 13.7. The first kappa shape index (κ1) is 20.0. The Morgan fingerprint density at radius 3 is 2.55 bits per heavy atom. The van der Waals surface area contributed by atoms with Crippen LogP contribution in [0.5, 0.6) is 0 Å². The van der Waals surface area contributed by atoms with E-state index in [1.54, 1.807) is 0 Å². The van der Waals surface area contributed by atoms with Crippen LogP contribution in [0.1, 0.15) is 11.3 Å². The van der Waals surface area contributed by atoms with Gasteiger partial charge in [-0.05, 0) is 6.92 Å². The normalized spacial score (nSPS) is 10.9. The number of halogens is 4. The molecule has 1 amide bonds. The van der Waals surface area contributed by atoms with E-state index in [1.165, 1.54) is 19.3 Å². The minimum Gasteiger partial charge on any atom is -0.322 e. The van der Waals surface area contributed by atoms with E-state index < -0.39 is 46.2 Å². The maximum Gasteiger partial charge on any atom is 0.309 e. The quantitative estimate of drug-likeness (QED) is 0.220. The molecular formula is C16H12F4N6O3. The van der Waals surface area contributed by atoms with E-state index in [0.717, 1.165) is 15.6 Å². The van der Waals surface area contributed by atoms with E-state index in [4.69, 9.17) is 0 Å². The van der Waals surface area contributed by atoms with E-state index in [9.17, 15) is 32.5 Å². The second-order valence-corrected chi connectivity index (χ2v) is 5.95. The highest BCUT2D eigenvalue weighted by Gasteiger charge is 2.20. The van der Waals surface area contributed by atoms with Gasteiger partial charge in [0.15, 0.2) is 17.5 Å². The molecule has 0 bridgehead atoms. The minimum atomic E-state index is -1.80. The van der Waals surface area contributed by atoms with Crippen LogP contribution in [0.4, 0.5) is 28.9 Å². The van der Waals surface area contributed by atoms with Crippen LogP contribution in [0.2, 0.25) is 0 Å². The van der Waals surface area contributed by atoms with Crippen molar-refractivity contribution in [3.8, 4) is 0 Å². The largest absolute Gasteiger partial charge is 0.322 e. The molecule has 0 spiro atoms. The summed E-state index contributed by atoms with van der Waals surface area (Å²) in [5.74, 6) is -6.98. The van der Waals surface area contributed by atoms with Gasteiger partial charge < -0.3 is 5.32 Å². The first-order valence-corrected chi connectivity index (χ1v) is 7.98. The third kappa shape index (κ3) is 4.07. The van der Waals surface area contributed by atoms with Gasteiger partial charge in [-0.15, -0.1) is 0 Å². The molecule has 0 aliphatic carbocycles. The van der Waals surface area contributed by atoms with Gasteiger partial charge in [0.2, 0.25) is 5.91 Å². The Bertz CT molecular complexity index is 1110. The van der Waals surface area contributed by atoms with E-state index in [0.29, 0.717) is 0 Å². The smallest absolute Gasteiger partial charge is 0.309 e. The van der Waals surface area contributed by atoms with Crippen molar-refractivity contribution in [3.05, 3.63) is 69.3 Å². The van der Waals surface area contributed by atoms with Crippen LogP contribution < -0.4 is 5.32 Å². The molecule has 2 heterocycles. The van der Waals surface area contributed by atoms with Crippen LogP contribution in [0.15, 0.2) is 24.7 Å². The molecule has 0 fully saturated rings. The van der Waals surface area contributed by atoms with E-state index in [-0.39, 0.29) is 29.7 Å². The lowest BCUT2D eigenvalue weighted by molar-refractivity contribution is -0.385. The Morgan fingerprint density at radius 2 is 1.90 bits per heavy atom. The van der Waals surface area contributed by atoms with E-state index in [1.807, 2.05) is 0 Å². The fraction of sp³-hybridized carbons (Fsp3) is 0.188. The van der Waals surface area contributed by atoms with Crippen molar-refractivity contribution >= 4 is 17.3 Å². The summed E-state index contributed by atoms with van der Waals surface area (Å²) < 4.78 is 55.9. The number of carbonyl (C=O) groups excluding carboxylic acids is 1. The van der Waals surface area contributed by atoms with Crippen LogP contribution >= 0.6 is 0 Å². The highest BCUT2D eigenvalue weighted by molar-refractivity contribution is 5.90. The molecule has 9 nitrogen and oxygen atoms in total. The Kier molecular flexibility index (Phi) is 5.30. The molecule has 0 unspecified atom stereocenters. The van der Waals surface area contributed by atoms with Crippen molar-refractivity contribution in [2.24, 2.45) is 0 Å². The topological polar surface area (TPSA) is 108 Å². The zero-order chi connectivity index (χ0) is 21.3.